The van der Waals surface area contributed by atoms with Crippen molar-refractivity contribution in [1.82, 2.24) is 0 Å². The van der Waals surface area contributed by atoms with Gasteiger partial charge in [-0.05, 0) is 39.0 Å². The van der Waals surface area contributed by atoms with Gasteiger partial charge in [0, 0.05) is 5.57 Å². The molecule has 2 bridgehead atoms. The highest BCUT2D eigenvalue weighted by atomic mass is 16.7. The Kier molecular flexibility index (Phi) is 3.86. The predicted octanol–water partition coefficient (Wildman–Crippen LogP) is 1.43. The average Bonchev–Trinajstić information content (AvgIpc) is 3.26. The molecule has 0 aromatic rings. The highest BCUT2D eigenvalue weighted by Gasteiger charge is 2.65. The number of rotatable bonds is 5. The largest absolute Gasteiger partial charge is 0.455 e. The lowest BCUT2D eigenvalue weighted by Gasteiger charge is -2.30. The molecule has 0 N–H and O–H groups in total. The van der Waals surface area contributed by atoms with Gasteiger partial charge in [-0.3, -0.25) is 9.59 Å². The van der Waals surface area contributed by atoms with Gasteiger partial charge < -0.3 is 18.9 Å². The molecule has 0 aromatic carbocycles. The number of fused-ring (bicyclic) bond motifs is 1. The van der Waals surface area contributed by atoms with E-state index in [0.29, 0.717) is 24.8 Å². The lowest BCUT2D eigenvalue weighted by molar-refractivity contribution is -0.171. The van der Waals surface area contributed by atoms with E-state index in [-0.39, 0.29) is 30.5 Å². The Bertz CT molecular complexity index is 633. The number of hydrogen-bond donors (Lipinski definition) is 0. The molecule has 5 atom stereocenters. The minimum absolute atomic E-state index is 0.00397. The van der Waals surface area contributed by atoms with E-state index in [0.717, 1.165) is 12.8 Å². The normalized spacial score (nSPS) is 37.0. The van der Waals surface area contributed by atoms with Crippen LogP contribution in [-0.4, -0.2) is 47.9 Å². The zero-order chi connectivity index (χ0) is 17.8. The van der Waals surface area contributed by atoms with Gasteiger partial charge in [0.25, 0.3) is 0 Å². The zero-order valence-electron chi connectivity index (χ0n) is 14.2. The Balaban J connectivity index is 1.40. The second-order valence-electron chi connectivity index (χ2n) is 7.57. The molecule has 7 heteroatoms. The lowest BCUT2D eigenvalue weighted by Crippen LogP contribution is -2.42. The molecule has 3 aliphatic heterocycles. The van der Waals surface area contributed by atoms with Crippen LogP contribution in [0.5, 0.6) is 0 Å². The van der Waals surface area contributed by atoms with E-state index in [1.807, 2.05) is 0 Å². The molecular weight excluding hydrogens is 328 g/mol. The third kappa shape index (κ3) is 2.74. The molecule has 0 spiro atoms. The maximum Gasteiger partial charge on any atom is 0.333 e. The minimum atomic E-state index is -0.819. The molecule has 0 aromatic heterocycles. The summed E-state index contributed by atoms with van der Waals surface area (Å²) in [5, 5.41) is 0. The summed E-state index contributed by atoms with van der Waals surface area (Å²) in [6.45, 7) is 5.18. The van der Waals surface area contributed by atoms with Crippen LogP contribution in [0.2, 0.25) is 0 Å². The molecule has 1 aliphatic carbocycles. The lowest BCUT2D eigenvalue weighted by atomic mass is 9.88. The first-order valence-electron chi connectivity index (χ1n) is 8.83. The molecule has 7 nitrogen and oxygen atoms in total. The monoisotopic (exact) mass is 350 g/mol. The number of ether oxygens (including phenoxy) is 4. The van der Waals surface area contributed by atoms with Gasteiger partial charge in [0.15, 0.2) is 12.2 Å². The molecule has 136 valence electrons. The molecular formula is C18H22O7. The van der Waals surface area contributed by atoms with E-state index in [1.165, 1.54) is 0 Å². The number of hydrogen-bond acceptors (Lipinski definition) is 7. The van der Waals surface area contributed by atoms with Gasteiger partial charge in [-0.1, -0.05) is 6.58 Å². The summed E-state index contributed by atoms with van der Waals surface area (Å²) in [7, 11) is 0. The van der Waals surface area contributed by atoms with Crippen molar-refractivity contribution in [2.45, 2.75) is 75.5 Å². The van der Waals surface area contributed by atoms with Crippen LogP contribution in [0.25, 0.3) is 0 Å². The van der Waals surface area contributed by atoms with Crippen molar-refractivity contribution in [2.24, 2.45) is 5.92 Å². The summed E-state index contributed by atoms with van der Waals surface area (Å²) in [4.78, 5) is 36.2. The summed E-state index contributed by atoms with van der Waals surface area (Å²) < 4.78 is 22.2. The summed E-state index contributed by atoms with van der Waals surface area (Å²) >= 11 is 0. The van der Waals surface area contributed by atoms with Gasteiger partial charge >= 0.3 is 17.9 Å². The topological polar surface area (TPSA) is 88.1 Å². The van der Waals surface area contributed by atoms with E-state index in [2.05, 4.69) is 6.58 Å². The smallest absolute Gasteiger partial charge is 0.333 e. The Morgan fingerprint density at radius 2 is 2.00 bits per heavy atom. The number of esters is 3. The second-order valence-corrected chi connectivity index (χ2v) is 7.57. The fourth-order valence-electron chi connectivity index (χ4n) is 4.46. The van der Waals surface area contributed by atoms with Crippen LogP contribution in [0.3, 0.4) is 0 Å². The predicted molar refractivity (Wildman–Crippen MR) is 83.3 cm³/mol. The van der Waals surface area contributed by atoms with Gasteiger partial charge in [0.2, 0.25) is 0 Å². The summed E-state index contributed by atoms with van der Waals surface area (Å²) in [5.74, 6) is -1.41. The van der Waals surface area contributed by atoms with Crippen molar-refractivity contribution in [3.05, 3.63) is 12.2 Å². The van der Waals surface area contributed by atoms with Crippen LogP contribution in [-0.2, 0) is 33.3 Å². The van der Waals surface area contributed by atoms with Crippen LogP contribution < -0.4 is 0 Å². The maximum atomic E-state index is 12.5. The van der Waals surface area contributed by atoms with E-state index >= 15 is 0 Å². The van der Waals surface area contributed by atoms with Gasteiger partial charge in [-0.2, -0.15) is 0 Å². The maximum absolute atomic E-state index is 12.5. The van der Waals surface area contributed by atoms with Crippen LogP contribution in [0.1, 0.15) is 45.4 Å². The molecule has 4 rings (SSSR count). The molecule has 0 amide bonds. The van der Waals surface area contributed by atoms with E-state index in [9.17, 15) is 14.4 Å². The fraction of sp³-hybridized carbons (Fsp3) is 0.722. The van der Waals surface area contributed by atoms with Gasteiger partial charge in [-0.15, -0.1) is 0 Å². The average molecular weight is 350 g/mol. The van der Waals surface area contributed by atoms with Gasteiger partial charge in [-0.25, -0.2) is 4.79 Å². The second kappa shape index (κ2) is 5.83. The highest BCUT2D eigenvalue weighted by molar-refractivity contribution is 5.87. The van der Waals surface area contributed by atoms with Crippen molar-refractivity contribution in [3.8, 4) is 0 Å². The molecule has 4 fully saturated rings. The molecule has 5 unspecified atom stereocenters. The molecule has 25 heavy (non-hydrogen) atoms. The molecule has 4 aliphatic rings. The van der Waals surface area contributed by atoms with Gasteiger partial charge in [0.05, 0.1) is 18.4 Å². The number of carbonyl (C=O) groups excluding carboxylic acids is 3. The summed E-state index contributed by atoms with van der Waals surface area (Å²) in [6, 6.07) is 0. The first-order chi connectivity index (χ1) is 11.9. The van der Waals surface area contributed by atoms with Crippen LogP contribution in [0.4, 0.5) is 0 Å². The Labute approximate surface area is 145 Å². The molecule has 1 saturated carbocycles. The van der Waals surface area contributed by atoms with Crippen molar-refractivity contribution in [3.63, 3.8) is 0 Å². The van der Waals surface area contributed by atoms with Crippen LogP contribution >= 0.6 is 0 Å². The van der Waals surface area contributed by atoms with E-state index in [1.54, 1.807) is 6.92 Å². The van der Waals surface area contributed by atoms with Crippen molar-refractivity contribution in [2.75, 3.05) is 0 Å². The van der Waals surface area contributed by atoms with E-state index in [4.69, 9.17) is 18.9 Å². The minimum Gasteiger partial charge on any atom is -0.455 e. The van der Waals surface area contributed by atoms with Crippen LogP contribution in [0, 0.1) is 5.92 Å². The Morgan fingerprint density at radius 3 is 2.68 bits per heavy atom. The quantitative estimate of drug-likeness (QED) is 0.421. The van der Waals surface area contributed by atoms with Crippen molar-refractivity contribution < 1.29 is 33.3 Å². The molecule has 0 radical (unpaired) electrons. The van der Waals surface area contributed by atoms with E-state index < -0.39 is 29.7 Å². The third-order valence-corrected chi connectivity index (χ3v) is 5.69. The highest BCUT2D eigenvalue weighted by Crippen LogP contribution is 2.47. The summed E-state index contributed by atoms with van der Waals surface area (Å²) in [6.07, 6.45) is 1.96. The van der Waals surface area contributed by atoms with Crippen molar-refractivity contribution >= 4 is 17.9 Å². The van der Waals surface area contributed by atoms with Crippen LogP contribution in [0.15, 0.2) is 12.2 Å². The standard InChI is InChI=1S/C18H22O7/c1-9(2)16(20)25-18(5-3-4-6-18)8-12(19)23-14-11-7-10-13(22-11)15(14)24-17(10)21/h10-11,13-15H,1,3-8H2,2H3. The third-order valence-electron chi connectivity index (χ3n) is 5.69. The first-order valence-corrected chi connectivity index (χ1v) is 8.83. The first kappa shape index (κ1) is 16.6. The SMILES string of the molecule is C=C(C)C(=O)OC1(CC(=O)OC2C3CC4C(=O)OC2C4O3)CCCC1. The number of carbonyl (C=O) groups is 3. The summed E-state index contributed by atoms with van der Waals surface area (Å²) in [5.41, 5.74) is -0.509. The fourth-order valence-corrected chi connectivity index (χ4v) is 4.46. The molecule has 3 saturated heterocycles. The van der Waals surface area contributed by atoms with Gasteiger partial charge in [0.1, 0.15) is 11.7 Å². The molecule has 3 heterocycles. The Morgan fingerprint density at radius 1 is 1.28 bits per heavy atom. The Hall–Kier alpha value is -1.89. The van der Waals surface area contributed by atoms with Crippen molar-refractivity contribution in [1.29, 1.82) is 0 Å². The zero-order valence-corrected chi connectivity index (χ0v) is 14.2.